The Balaban J connectivity index is 1.77. The van der Waals surface area contributed by atoms with Gasteiger partial charge in [-0.1, -0.05) is 0 Å². The molecule has 1 aliphatic rings. The Hall–Kier alpha value is -2.41. The van der Waals surface area contributed by atoms with E-state index in [0.29, 0.717) is 18.6 Å². The van der Waals surface area contributed by atoms with E-state index in [2.05, 4.69) is 10.2 Å². The largest absolute Gasteiger partial charge is 0.384 e. The summed E-state index contributed by atoms with van der Waals surface area (Å²) in [5, 5.41) is 10.1. The van der Waals surface area contributed by atoms with Gasteiger partial charge in [0.1, 0.15) is 12.1 Å². The molecule has 2 rings (SSSR count). The number of aldehydes is 1. The van der Waals surface area contributed by atoms with Gasteiger partial charge in [0, 0.05) is 37.3 Å². The third-order valence-corrected chi connectivity index (χ3v) is 4.34. The normalized spacial score (nSPS) is 16.5. The van der Waals surface area contributed by atoms with Crippen molar-refractivity contribution in [1.82, 2.24) is 5.32 Å². The topological polar surface area (TPSA) is 125 Å². The van der Waals surface area contributed by atoms with Crippen LogP contribution in [0.3, 0.4) is 0 Å². The second-order valence-corrected chi connectivity index (χ2v) is 6.20. The summed E-state index contributed by atoms with van der Waals surface area (Å²) < 4.78 is 0. The van der Waals surface area contributed by atoms with Crippen LogP contribution in [0.1, 0.15) is 24.8 Å². The molecular weight excluding hydrogens is 306 g/mol. The van der Waals surface area contributed by atoms with Crippen molar-refractivity contribution in [2.45, 2.75) is 25.3 Å². The number of rotatable bonds is 7. The van der Waals surface area contributed by atoms with E-state index in [-0.39, 0.29) is 18.3 Å². The van der Waals surface area contributed by atoms with Crippen molar-refractivity contribution in [2.75, 3.05) is 24.5 Å². The third kappa shape index (κ3) is 5.06. The summed E-state index contributed by atoms with van der Waals surface area (Å²) in [4.78, 5) is 24.6. The van der Waals surface area contributed by atoms with Crippen LogP contribution in [-0.2, 0) is 9.59 Å². The molecule has 0 saturated carbocycles. The number of amidine groups is 1. The SMILES string of the molecule is N=C(N)c1ccc(N2CCC(CC(=O)NCC(N)C=O)CC2)cc1. The number of nitrogens with one attached hydrogen (secondary N) is 2. The van der Waals surface area contributed by atoms with Crippen molar-refractivity contribution >= 4 is 23.7 Å². The molecule has 130 valence electrons. The van der Waals surface area contributed by atoms with Crippen LogP contribution < -0.4 is 21.7 Å². The maximum absolute atomic E-state index is 11.9. The molecule has 1 aromatic rings. The summed E-state index contributed by atoms with van der Waals surface area (Å²) in [6.07, 6.45) is 3.00. The van der Waals surface area contributed by atoms with Crippen molar-refractivity contribution in [3.8, 4) is 0 Å². The standard InChI is InChI=1S/C17H25N5O2/c18-14(11-23)10-21-16(24)9-12-5-7-22(8-6-12)15-3-1-13(2-4-15)17(19)20/h1-4,11-12,14H,5-10,18H2,(H3,19,20)(H,21,24). The van der Waals surface area contributed by atoms with E-state index >= 15 is 0 Å². The summed E-state index contributed by atoms with van der Waals surface area (Å²) in [7, 11) is 0. The van der Waals surface area contributed by atoms with Gasteiger partial charge in [0.15, 0.2) is 0 Å². The fraction of sp³-hybridized carbons (Fsp3) is 0.471. The number of piperidine rings is 1. The van der Waals surface area contributed by atoms with Gasteiger partial charge < -0.3 is 26.5 Å². The third-order valence-electron chi connectivity index (χ3n) is 4.34. The molecule has 1 aliphatic heterocycles. The first kappa shape index (κ1) is 17.9. The molecule has 1 unspecified atom stereocenters. The average molecular weight is 331 g/mol. The quantitative estimate of drug-likeness (QED) is 0.323. The van der Waals surface area contributed by atoms with Gasteiger partial charge in [-0.15, -0.1) is 0 Å². The number of carbonyl (C=O) groups excluding carboxylic acids is 2. The predicted octanol–water partition coefficient (Wildman–Crippen LogP) is 0.220. The molecule has 0 aliphatic carbocycles. The highest BCUT2D eigenvalue weighted by Gasteiger charge is 2.21. The number of amides is 1. The maximum atomic E-state index is 11.9. The van der Waals surface area contributed by atoms with E-state index in [1.54, 1.807) is 0 Å². The lowest BCUT2D eigenvalue weighted by Gasteiger charge is -2.33. The molecule has 6 N–H and O–H groups in total. The minimum atomic E-state index is -0.631. The first-order valence-corrected chi connectivity index (χ1v) is 8.16. The zero-order valence-corrected chi connectivity index (χ0v) is 13.7. The number of anilines is 1. The molecule has 1 fully saturated rings. The van der Waals surface area contributed by atoms with E-state index in [9.17, 15) is 9.59 Å². The second-order valence-electron chi connectivity index (χ2n) is 6.20. The number of hydrogen-bond donors (Lipinski definition) is 4. The zero-order valence-electron chi connectivity index (χ0n) is 13.7. The van der Waals surface area contributed by atoms with Crippen molar-refractivity contribution in [3.05, 3.63) is 29.8 Å². The smallest absolute Gasteiger partial charge is 0.220 e. The van der Waals surface area contributed by atoms with Crippen molar-refractivity contribution < 1.29 is 9.59 Å². The summed E-state index contributed by atoms with van der Waals surface area (Å²) >= 11 is 0. The molecule has 1 amide bonds. The van der Waals surface area contributed by atoms with Gasteiger partial charge >= 0.3 is 0 Å². The number of benzene rings is 1. The average Bonchev–Trinajstić information content (AvgIpc) is 2.60. The van der Waals surface area contributed by atoms with Crippen LogP contribution >= 0.6 is 0 Å². The second kappa shape index (κ2) is 8.44. The highest BCUT2D eigenvalue weighted by Crippen LogP contribution is 2.25. The van der Waals surface area contributed by atoms with Gasteiger partial charge in [-0.3, -0.25) is 10.2 Å². The Labute approximate surface area is 141 Å². The van der Waals surface area contributed by atoms with Gasteiger partial charge in [-0.25, -0.2) is 0 Å². The minimum absolute atomic E-state index is 0.0449. The lowest BCUT2D eigenvalue weighted by molar-refractivity contribution is -0.122. The first-order valence-electron chi connectivity index (χ1n) is 8.16. The van der Waals surface area contributed by atoms with E-state index in [0.717, 1.165) is 37.2 Å². The van der Waals surface area contributed by atoms with Crippen LogP contribution in [0.15, 0.2) is 24.3 Å². The monoisotopic (exact) mass is 331 g/mol. The zero-order chi connectivity index (χ0) is 17.5. The summed E-state index contributed by atoms with van der Waals surface area (Å²) in [5.74, 6) is 0.377. The molecule has 24 heavy (non-hydrogen) atoms. The summed E-state index contributed by atoms with van der Waals surface area (Å²) in [6.45, 7) is 1.99. The Bertz CT molecular complexity index is 579. The van der Waals surface area contributed by atoms with Gasteiger partial charge in [-0.05, 0) is 43.0 Å². The van der Waals surface area contributed by atoms with E-state index in [1.165, 1.54) is 0 Å². The first-order chi connectivity index (χ1) is 11.5. The number of carbonyl (C=O) groups is 2. The number of nitrogens with two attached hydrogens (primary N) is 2. The number of nitrogen functional groups attached to an aromatic ring is 1. The van der Waals surface area contributed by atoms with Gasteiger partial charge in [0.2, 0.25) is 5.91 Å². The molecule has 0 bridgehead atoms. The van der Waals surface area contributed by atoms with Crippen molar-refractivity contribution in [2.24, 2.45) is 17.4 Å². The minimum Gasteiger partial charge on any atom is -0.384 e. The van der Waals surface area contributed by atoms with Crippen molar-refractivity contribution in [3.63, 3.8) is 0 Å². The van der Waals surface area contributed by atoms with Crippen LogP contribution in [0.5, 0.6) is 0 Å². The lowest BCUT2D eigenvalue weighted by atomic mass is 9.93. The van der Waals surface area contributed by atoms with Crippen LogP contribution in [0.25, 0.3) is 0 Å². The van der Waals surface area contributed by atoms with Gasteiger partial charge in [0.25, 0.3) is 0 Å². The van der Waals surface area contributed by atoms with Crippen LogP contribution in [0.4, 0.5) is 5.69 Å². The van der Waals surface area contributed by atoms with E-state index < -0.39 is 6.04 Å². The predicted molar refractivity (Wildman–Crippen MR) is 94.1 cm³/mol. The highest BCUT2D eigenvalue weighted by atomic mass is 16.1. The number of hydrogen-bond acceptors (Lipinski definition) is 5. The molecule has 7 heteroatoms. The molecule has 0 spiro atoms. The van der Waals surface area contributed by atoms with Crippen LogP contribution in [-0.4, -0.2) is 43.7 Å². The fourth-order valence-electron chi connectivity index (χ4n) is 2.86. The molecule has 7 nitrogen and oxygen atoms in total. The van der Waals surface area contributed by atoms with Crippen LogP contribution in [0, 0.1) is 11.3 Å². The Morgan fingerprint density at radius 1 is 1.33 bits per heavy atom. The van der Waals surface area contributed by atoms with Gasteiger partial charge in [-0.2, -0.15) is 0 Å². The molecule has 0 aromatic heterocycles. The fourth-order valence-corrected chi connectivity index (χ4v) is 2.86. The summed E-state index contributed by atoms with van der Waals surface area (Å²) in [5.41, 5.74) is 12.8. The van der Waals surface area contributed by atoms with Crippen molar-refractivity contribution in [1.29, 1.82) is 5.41 Å². The molecular formula is C17H25N5O2. The maximum Gasteiger partial charge on any atom is 0.220 e. The van der Waals surface area contributed by atoms with E-state index in [1.807, 2.05) is 24.3 Å². The lowest BCUT2D eigenvalue weighted by Crippen LogP contribution is -2.40. The molecule has 1 atom stereocenters. The summed E-state index contributed by atoms with van der Waals surface area (Å²) in [6, 6.07) is 7.03. The molecule has 0 radical (unpaired) electrons. The highest BCUT2D eigenvalue weighted by molar-refractivity contribution is 5.95. The van der Waals surface area contributed by atoms with Gasteiger partial charge in [0.05, 0.1) is 6.04 Å². The molecule has 1 saturated heterocycles. The number of nitrogens with zero attached hydrogens (tertiary/aromatic N) is 1. The molecule has 1 heterocycles. The molecule has 1 aromatic carbocycles. The van der Waals surface area contributed by atoms with E-state index in [4.69, 9.17) is 16.9 Å². The Morgan fingerprint density at radius 3 is 2.50 bits per heavy atom. The Kier molecular flexibility index (Phi) is 6.31. The van der Waals surface area contributed by atoms with Crippen LogP contribution in [0.2, 0.25) is 0 Å². The Morgan fingerprint density at radius 2 is 1.96 bits per heavy atom.